The Bertz CT molecular complexity index is 511. The fourth-order valence-electron chi connectivity index (χ4n) is 0.959. The maximum Gasteiger partial charge on any atom is 0.177 e. The highest BCUT2D eigenvalue weighted by Gasteiger charge is 2.14. The second-order valence-electron chi connectivity index (χ2n) is 2.60. The van der Waals surface area contributed by atoms with Crippen LogP contribution >= 0.6 is 0 Å². The van der Waals surface area contributed by atoms with Crippen LogP contribution in [0.4, 0.5) is 0 Å². The van der Waals surface area contributed by atoms with E-state index in [1.54, 1.807) is 18.2 Å². The molecular weight excluding hydrogens is 194 g/mol. The van der Waals surface area contributed by atoms with Crippen LogP contribution in [0, 0.1) is 34.0 Å². The summed E-state index contributed by atoms with van der Waals surface area (Å²) in [5.74, 6) is -0.203. The van der Waals surface area contributed by atoms with Gasteiger partial charge in [-0.05, 0) is 6.92 Å². The number of aromatic nitrogens is 2. The molecule has 72 valence electrons. The third-order valence-electron chi connectivity index (χ3n) is 1.63. The van der Waals surface area contributed by atoms with Gasteiger partial charge in [0.1, 0.15) is 29.5 Å². The molecule has 6 nitrogen and oxygen atoms in total. The number of rotatable bonds is 1. The van der Waals surface area contributed by atoms with Gasteiger partial charge in [0.2, 0.25) is 0 Å². The maximum atomic E-state index is 9.14. The molecule has 0 aliphatic rings. The van der Waals surface area contributed by atoms with Gasteiger partial charge >= 0.3 is 0 Å². The van der Waals surface area contributed by atoms with E-state index in [9.17, 15) is 0 Å². The largest absolute Gasteiger partial charge is 0.511 e. The van der Waals surface area contributed by atoms with Crippen molar-refractivity contribution in [2.45, 2.75) is 6.92 Å². The molecule has 0 saturated carbocycles. The Morgan fingerprint density at radius 1 is 1.33 bits per heavy atom. The van der Waals surface area contributed by atoms with Crippen molar-refractivity contribution in [2.75, 3.05) is 0 Å². The van der Waals surface area contributed by atoms with Gasteiger partial charge in [-0.15, -0.1) is 0 Å². The number of allylic oxidation sites excluding steroid dienone is 2. The summed E-state index contributed by atoms with van der Waals surface area (Å²) in [7, 11) is 0. The molecule has 1 aromatic rings. The molecule has 1 heterocycles. The molecule has 2 N–H and O–H groups in total. The molecule has 0 fully saturated rings. The van der Waals surface area contributed by atoms with Gasteiger partial charge in [-0.2, -0.15) is 15.8 Å². The smallest absolute Gasteiger partial charge is 0.177 e. The molecule has 0 saturated heterocycles. The SMILES string of the molecule is CC(O)=C(C#N)c1nc(C#N)c(C#N)[nH]1. The second-order valence-corrected chi connectivity index (χ2v) is 2.60. The van der Waals surface area contributed by atoms with Gasteiger partial charge in [-0.25, -0.2) is 4.98 Å². The van der Waals surface area contributed by atoms with E-state index in [1.165, 1.54) is 6.92 Å². The van der Waals surface area contributed by atoms with Crippen molar-refractivity contribution < 1.29 is 5.11 Å². The highest BCUT2D eigenvalue weighted by Crippen LogP contribution is 2.15. The van der Waals surface area contributed by atoms with Gasteiger partial charge in [-0.1, -0.05) is 0 Å². The van der Waals surface area contributed by atoms with Crippen LogP contribution in [0.1, 0.15) is 24.1 Å². The Morgan fingerprint density at radius 3 is 2.33 bits per heavy atom. The molecule has 0 aliphatic carbocycles. The summed E-state index contributed by atoms with van der Waals surface area (Å²) in [6.45, 7) is 1.32. The van der Waals surface area contributed by atoms with Crippen LogP contribution < -0.4 is 0 Å². The Balaban J connectivity index is 3.40. The van der Waals surface area contributed by atoms with Crippen LogP contribution in [0.2, 0.25) is 0 Å². The minimum absolute atomic E-state index is 0.0191. The molecule has 1 aromatic heterocycles. The number of aromatic amines is 1. The normalized spacial score (nSPS) is 10.8. The van der Waals surface area contributed by atoms with Crippen LogP contribution in [0.5, 0.6) is 0 Å². The first-order valence-electron chi connectivity index (χ1n) is 3.84. The molecule has 0 radical (unpaired) electrons. The first kappa shape index (κ1) is 10.3. The van der Waals surface area contributed by atoms with E-state index in [2.05, 4.69) is 9.97 Å². The predicted octanol–water partition coefficient (Wildman–Crippen LogP) is 0.966. The van der Waals surface area contributed by atoms with E-state index >= 15 is 0 Å². The molecule has 0 aromatic carbocycles. The highest BCUT2D eigenvalue weighted by molar-refractivity contribution is 5.74. The fourth-order valence-corrected chi connectivity index (χ4v) is 0.959. The summed E-state index contributed by atoms with van der Waals surface area (Å²) in [4.78, 5) is 6.19. The summed E-state index contributed by atoms with van der Waals surface area (Å²) in [5, 5.41) is 35.1. The van der Waals surface area contributed by atoms with E-state index < -0.39 is 0 Å². The number of H-pyrrole nitrogens is 1. The van der Waals surface area contributed by atoms with Gasteiger partial charge in [0.25, 0.3) is 0 Å². The minimum Gasteiger partial charge on any atom is -0.511 e. The van der Waals surface area contributed by atoms with Crippen LogP contribution in [0.15, 0.2) is 5.76 Å². The molecule has 0 atom stereocenters. The fraction of sp³-hybridized carbons (Fsp3) is 0.111. The van der Waals surface area contributed by atoms with E-state index in [0.29, 0.717) is 0 Å². The zero-order valence-electron chi connectivity index (χ0n) is 7.74. The Labute approximate surface area is 85.3 Å². The first-order valence-corrected chi connectivity index (χ1v) is 3.84. The average molecular weight is 199 g/mol. The molecule has 0 unspecified atom stereocenters. The lowest BCUT2D eigenvalue weighted by Gasteiger charge is -1.93. The standard InChI is InChI=1S/C9H5N5O/c1-5(15)6(2-10)9-13-7(3-11)8(4-12)14-9/h15H,1H3,(H,13,14). The topological polar surface area (TPSA) is 120 Å². The lowest BCUT2D eigenvalue weighted by molar-refractivity contribution is 0.417. The van der Waals surface area contributed by atoms with Crippen molar-refractivity contribution in [2.24, 2.45) is 0 Å². The number of hydrogen-bond donors (Lipinski definition) is 2. The van der Waals surface area contributed by atoms with Crippen LogP contribution in [0.3, 0.4) is 0 Å². The second kappa shape index (κ2) is 3.95. The number of hydrogen-bond acceptors (Lipinski definition) is 5. The molecule has 1 rings (SSSR count). The van der Waals surface area contributed by atoms with E-state index in [-0.39, 0.29) is 28.5 Å². The molecule has 6 heteroatoms. The van der Waals surface area contributed by atoms with Crippen LogP contribution in [-0.2, 0) is 0 Å². The summed E-state index contributed by atoms with van der Waals surface area (Å²) < 4.78 is 0. The Kier molecular flexibility index (Phi) is 2.71. The average Bonchev–Trinajstić information content (AvgIpc) is 2.61. The van der Waals surface area contributed by atoms with E-state index in [4.69, 9.17) is 20.9 Å². The first-order chi connectivity index (χ1) is 7.13. The van der Waals surface area contributed by atoms with Crippen molar-refractivity contribution >= 4 is 5.57 Å². The number of nitrogens with zero attached hydrogens (tertiary/aromatic N) is 4. The summed E-state index contributed by atoms with van der Waals surface area (Å²) in [6, 6.07) is 5.16. The zero-order chi connectivity index (χ0) is 11.4. The van der Waals surface area contributed by atoms with Crippen molar-refractivity contribution in [3.8, 4) is 18.2 Å². The van der Waals surface area contributed by atoms with Crippen LogP contribution in [-0.4, -0.2) is 15.1 Å². The Hall–Kier alpha value is -2.78. The van der Waals surface area contributed by atoms with E-state index in [1.807, 2.05) is 0 Å². The van der Waals surface area contributed by atoms with Gasteiger partial charge < -0.3 is 10.1 Å². The van der Waals surface area contributed by atoms with Crippen molar-refractivity contribution in [3.63, 3.8) is 0 Å². The summed E-state index contributed by atoms with van der Waals surface area (Å²) in [6.07, 6.45) is 0. The third-order valence-corrected chi connectivity index (χ3v) is 1.63. The van der Waals surface area contributed by atoms with Crippen LogP contribution in [0.25, 0.3) is 5.57 Å². The predicted molar refractivity (Wildman–Crippen MR) is 48.9 cm³/mol. The lowest BCUT2D eigenvalue weighted by atomic mass is 10.2. The zero-order valence-corrected chi connectivity index (χ0v) is 7.74. The van der Waals surface area contributed by atoms with Crippen molar-refractivity contribution in [1.82, 2.24) is 9.97 Å². The lowest BCUT2D eigenvalue weighted by Crippen LogP contribution is -1.89. The number of imidazole rings is 1. The number of nitriles is 3. The van der Waals surface area contributed by atoms with Gasteiger partial charge in [0, 0.05) is 0 Å². The van der Waals surface area contributed by atoms with Gasteiger partial charge in [-0.3, -0.25) is 0 Å². The minimum atomic E-state index is -0.222. The van der Waals surface area contributed by atoms with Gasteiger partial charge in [0.15, 0.2) is 17.2 Å². The van der Waals surface area contributed by atoms with Gasteiger partial charge in [0.05, 0.1) is 0 Å². The molecular formula is C9H5N5O. The van der Waals surface area contributed by atoms with E-state index in [0.717, 1.165) is 0 Å². The number of nitrogens with one attached hydrogen (secondary N) is 1. The van der Waals surface area contributed by atoms with Crippen molar-refractivity contribution in [3.05, 3.63) is 23.0 Å². The summed E-state index contributed by atoms with van der Waals surface area (Å²) in [5.41, 5.74) is -0.212. The summed E-state index contributed by atoms with van der Waals surface area (Å²) >= 11 is 0. The molecule has 0 spiro atoms. The monoisotopic (exact) mass is 199 g/mol. The number of aliphatic hydroxyl groups excluding tert-OH is 1. The van der Waals surface area contributed by atoms with Crippen molar-refractivity contribution in [1.29, 1.82) is 15.8 Å². The molecule has 15 heavy (non-hydrogen) atoms. The molecule has 0 amide bonds. The maximum absolute atomic E-state index is 9.14. The third kappa shape index (κ3) is 1.77. The Morgan fingerprint density at radius 2 is 2.00 bits per heavy atom. The molecule has 0 bridgehead atoms. The quantitative estimate of drug-likeness (QED) is 0.515. The molecule has 0 aliphatic heterocycles. The number of aliphatic hydroxyl groups is 1. The highest BCUT2D eigenvalue weighted by atomic mass is 16.3.